The van der Waals surface area contributed by atoms with Gasteiger partial charge in [-0.25, -0.2) is 14.8 Å². The highest BCUT2D eigenvalue weighted by Gasteiger charge is 2.17. The molecule has 3 heterocycles. The lowest BCUT2D eigenvalue weighted by Gasteiger charge is -2.28. The van der Waals surface area contributed by atoms with E-state index in [4.69, 9.17) is 9.84 Å². The molecule has 0 aromatic carbocycles. The highest BCUT2D eigenvalue weighted by atomic mass is 16.5. The standard InChI is InChI=1S/C14H18N6O3/c1-10(18-14(21)22)13-16-9-17-20(13)12-3-2-11(8-15-12)19-4-6-23-7-5-19/h2-3,8-10,18H,4-7H2,1H3,(H,21,22)/t10-/m0/s1. The van der Waals surface area contributed by atoms with Crippen LogP contribution in [-0.2, 0) is 4.74 Å². The maximum absolute atomic E-state index is 10.8. The summed E-state index contributed by atoms with van der Waals surface area (Å²) in [7, 11) is 0. The van der Waals surface area contributed by atoms with Crippen molar-refractivity contribution in [3.05, 3.63) is 30.5 Å². The van der Waals surface area contributed by atoms with E-state index in [1.165, 1.54) is 11.0 Å². The maximum atomic E-state index is 10.8. The largest absolute Gasteiger partial charge is 0.465 e. The lowest BCUT2D eigenvalue weighted by atomic mass is 10.3. The molecule has 122 valence electrons. The molecule has 0 unspecified atom stereocenters. The van der Waals surface area contributed by atoms with Crippen LogP contribution in [0.4, 0.5) is 10.5 Å². The van der Waals surface area contributed by atoms with Crippen LogP contribution < -0.4 is 10.2 Å². The van der Waals surface area contributed by atoms with Gasteiger partial charge in [-0.05, 0) is 19.1 Å². The quantitative estimate of drug-likeness (QED) is 0.860. The van der Waals surface area contributed by atoms with E-state index in [0.717, 1.165) is 18.8 Å². The number of amides is 1. The molecule has 0 radical (unpaired) electrons. The summed E-state index contributed by atoms with van der Waals surface area (Å²) in [6.07, 6.45) is 2.05. The van der Waals surface area contributed by atoms with Gasteiger partial charge in [-0.15, -0.1) is 0 Å². The summed E-state index contributed by atoms with van der Waals surface area (Å²) in [6.45, 7) is 4.82. The molecule has 0 bridgehead atoms. The van der Waals surface area contributed by atoms with Crippen LogP contribution in [0.5, 0.6) is 0 Å². The normalized spacial score (nSPS) is 16.1. The van der Waals surface area contributed by atoms with Crippen LogP contribution in [0.2, 0.25) is 0 Å². The number of pyridine rings is 1. The number of anilines is 1. The topological polar surface area (TPSA) is 105 Å². The van der Waals surface area contributed by atoms with Crippen molar-refractivity contribution < 1.29 is 14.6 Å². The van der Waals surface area contributed by atoms with Gasteiger partial charge in [0.15, 0.2) is 11.6 Å². The molecule has 9 heteroatoms. The van der Waals surface area contributed by atoms with Gasteiger partial charge in [0.05, 0.1) is 31.1 Å². The van der Waals surface area contributed by atoms with E-state index in [1.807, 2.05) is 12.1 Å². The number of rotatable bonds is 4. The first-order chi connectivity index (χ1) is 11.1. The van der Waals surface area contributed by atoms with Gasteiger partial charge in [-0.3, -0.25) is 0 Å². The summed E-state index contributed by atoms with van der Waals surface area (Å²) in [5.74, 6) is 1.08. The molecule has 2 N–H and O–H groups in total. The third-order valence-corrected chi connectivity index (χ3v) is 3.63. The zero-order valence-electron chi connectivity index (χ0n) is 12.7. The molecule has 1 aliphatic heterocycles. The van der Waals surface area contributed by atoms with Crippen molar-refractivity contribution in [2.75, 3.05) is 31.2 Å². The number of nitrogens with one attached hydrogen (secondary N) is 1. The predicted molar refractivity (Wildman–Crippen MR) is 81.8 cm³/mol. The molecule has 2 aromatic heterocycles. The number of carbonyl (C=O) groups is 1. The van der Waals surface area contributed by atoms with Gasteiger partial charge in [0.2, 0.25) is 0 Å². The minimum atomic E-state index is -1.11. The monoisotopic (exact) mass is 318 g/mol. The second kappa shape index (κ2) is 6.61. The average molecular weight is 318 g/mol. The van der Waals surface area contributed by atoms with E-state index in [-0.39, 0.29) is 0 Å². The molecule has 23 heavy (non-hydrogen) atoms. The van der Waals surface area contributed by atoms with Crippen molar-refractivity contribution in [1.29, 1.82) is 0 Å². The fourth-order valence-electron chi connectivity index (χ4n) is 2.48. The zero-order valence-corrected chi connectivity index (χ0v) is 12.7. The molecular weight excluding hydrogens is 300 g/mol. The van der Waals surface area contributed by atoms with E-state index < -0.39 is 12.1 Å². The van der Waals surface area contributed by atoms with E-state index in [9.17, 15) is 4.79 Å². The van der Waals surface area contributed by atoms with Gasteiger partial charge in [0.25, 0.3) is 0 Å². The van der Waals surface area contributed by atoms with E-state index in [2.05, 4.69) is 25.3 Å². The summed E-state index contributed by atoms with van der Waals surface area (Å²) >= 11 is 0. The Kier molecular flexibility index (Phi) is 4.38. The Labute approximate surface area is 132 Å². The van der Waals surface area contributed by atoms with Crippen molar-refractivity contribution in [2.24, 2.45) is 0 Å². The van der Waals surface area contributed by atoms with Gasteiger partial charge >= 0.3 is 6.09 Å². The van der Waals surface area contributed by atoms with Gasteiger partial charge in [0.1, 0.15) is 6.33 Å². The lowest BCUT2D eigenvalue weighted by molar-refractivity contribution is 0.122. The van der Waals surface area contributed by atoms with Crippen molar-refractivity contribution in [1.82, 2.24) is 25.1 Å². The molecule has 1 aliphatic rings. The summed E-state index contributed by atoms with van der Waals surface area (Å²) < 4.78 is 6.87. The number of hydrogen-bond acceptors (Lipinski definition) is 6. The number of hydrogen-bond donors (Lipinski definition) is 2. The van der Waals surface area contributed by atoms with Crippen LogP contribution in [0.1, 0.15) is 18.8 Å². The molecule has 0 aliphatic carbocycles. The molecule has 1 amide bonds. The second-order valence-corrected chi connectivity index (χ2v) is 5.18. The number of aromatic nitrogens is 4. The number of carboxylic acid groups (broad SMARTS) is 1. The molecule has 0 spiro atoms. The fraction of sp³-hybridized carbons (Fsp3) is 0.429. The Balaban J connectivity index is 1.80. The van der Waals surface area contributed by atoms with Crippen molar-refractivity contribution in [3.63, 3.8) is 0 Å². The minimum absolute atomic E-state index is 0.485. The Hall–Kier alpha value is -2.68. The first-order valence-corrected chi connectivity index (χ1v) is 7.33. The fourth-order valence-corrected chi connectivity index (χ4v) is 2.48. The molecule has 1 fully saturated rings. The minimum Gasteiger partial charge on any atom is -0.465 e. The smallest absolute Gasteiger partial charge is 0.405 e. The van der Waals surface area contributed by atoms with E-state index in [1.54, 1.807) is 13.1 Å². The molecule has 1 atom stereocenters. The van der Waals surface area contributed by atoms with Crippen LogP contribution in [0.15, 0.2) is 24.7 Å². The Morgan fingerprint density at radius 1 is 1.35 bits per heavy atom. The van der Waals surface area contributed by atoms with Crippen molar-refractivity contribution >= 4 is 11.8 Å². The summed E-state index contributed by atoms with van der Waals surface area (Å²) in [5, 5.41) is 15.3. The zero-order chi connectivity index (χ0) is 16.2. The Morgan fingerprint density at radius 3 is 2.78 bits per heavy atom. The molecule has 2 aromatic rings. The van der Waals surface area contributed by atoms with Crippen LogP contribution in [0.25, 0.3) is 5.82 Å². The average Bonchev–Trinajstić information content (AvgIpc) is 3.05. The molecule has 3 rings (SSSR count). The highest BCUT2D eigenvalue weighted by molar-refractivity contribution is 5.64. The van der Waals surface area contributed by atoms with Crippen molar-refractivity contribution in [2.45, 2.75) is 13.0 Å². The number of ether oxygens (including phenoxy) is 1. The SMILES string of the molecule is C[C@H](NC(=O)O)c1ncnn1-c1ccc(N2CCOCC2)cn1. The van der Waals surface area contributed by atoms with Crippen LogP contribution >= 0.6 is 0 Å². The Morgan fingerprint density at radius 2 is 2.13 bits per heavy atom. The predicted octanol–water partition coefficient (Wildman–Crippen LogP) is 0.827. The third kappa shape index (κ3) is 3.39. The summed E-state index contributed by atoms with van der Waals surface area (Å²) in [4.78, 5) is 21.5. The summed E-state index contributed by atoms with van der Waals surface area (Å²) in [6, 6.07) is 3.32. The van der Waals surface area contributed by atoms with Crippen LogP contribution in [-0.4, -0.2) is 57.3 Å². The highest BCUT2D eigenvalue weighted by Crippen LogP contribution is 2.18. The van der Waals surface area contributed by atoms with Gasteiger partial charge in [0, 0.05) is 13.1 Å². The lowest BCUT2D eigenvalue weighted by Crippen LogP contribution is -2.36. The summed E-state index contributed by atoms with van der Waals surface area (Å²) in [5.41, 5.74) is 1.02. The molecule has 0 saturated carbocycles. The van der Waals surface area contributed by atoms with Crippen molar-refractivity contribution in [3.8, 4) is 5.82 Å². The van der Waals surface area contributed by atoms with E-state index in [0.29, 0.717) is 24.9 Å². The Bertz CT molecular complexity index is 665. The molecule has 1 saturated heterocycles. The maximum Gasteiger partial charge on any atom is 0.405 e. The van der Waals surface area contributed by atoms with Gasteiger partial charge in [-0.2, -0.15) is 9.78 Å². The molecular formula is C14H18N6O3. The molecule has 9 nitrogen and oxygen atoms in total. The van der Waals surface area contributed by atoms with Crippen LogP contribution in [0, 0.1) is 0 Å². The van der Waals surface area contributed by atoms with Gasteiger partial charge in [-0.1, -0.05) is 0 Å². The van der Waals surface area contributed by atoms with E-state index >= 15 is 0 Å². The first-order valence-electron chi connectivity index (χ1n) is 7.33. The first kappa shape index (κ1) is 15.2. The van der Waals surface area contributed by atoms with Gasteiger partial charge < -0.3 is 20.1 Å². The number of nitrogens with zero attached hydrogens (tertiary/aromatic N) is 5. The number of morpholine rings is 1. The van der Waals surface area contributed by atoms with Crippen LogP contribution in [0.3, 0.4) is 0 Å². The third-order valence-electron chi connectivity index (χ3n) is 3.63. The second-order valence-electron chi connectivity index (χ2n) is 5.18.